The van der Waals surface area contributed by atoms with E-state index >= 15 is 0 Å². The predicted molar refractivity (Wildman–Crippen MR) is 48.1 cm³/mol. The first kappa shape index (κ1) is 13.6. The first-order chi connectivity index (χ1) is 5.26. The van der Waals surface area contributed by atoms with E-state index in [1.54, 1.807) is 0 Å². The number of nitrogens with zero attached hydrogens (tertiary/aromatic N) is 1. The molecule has 0 amide bonds. The van der Waals surface area contributed by atoms with Crippen LogP contribution in [0.2, 0.25) is 0 Å². The topological polar surface area (TPSA) is 29.5 Å². The SMILES string of the molecule is CCN(CC)CC.COP=O. The molecule has 0 radical (unpaired) electrons. The summed E-state index contributed by atoms with van der Waals surface area (Å²) in [6, 6.07) is 0. The van der Waals surface area contributed by atoms with Crippen molar-refractivity contribution >= 4 is 8.69 Å². The van der Waals surface area contributed by atoms with Crippen LogP contribution < -0.4 is 0 Å². The number of hydrogen-bond acceptors (Lipinski definition) is 3. The average Bonchev–Trinajstić information content (AvgIpc) is 2.08. The molecule has 0 aliphatic rings. The van der Waals surface area contributed by atoms with Gasteiger partial charge in [-0.15, -0.1) is 0 Å². The van der Waals surface area contributed by atoms with Gasteiger partial charge in [-0.05, 0) is 19.6 Å². The smallest absolute Gasteiger partial charge is 0.304 e. The maximum atomic E-state index is 9.05. The maximum absolute atomic E-state index is 9.05. The van der Waals surface area contributed by atoms with E-state index in [4.69, 9.17) is 4.57 Å². The van der Waals surface area contributed by atoms with Gasteiger partial charge < -0.3 is 4.90 Å². The summed E-state index contributed by atoms with van der Waals surface area (Å²) in [4.78, 5) is 2.38. The summed E-state index contributed by atoms with van der Waals surface area (Å²) >= 11 is 0. The molecular weight excluding hydrogens is 161 g/mol. The third-order valence-corrected chi connectivity index (χ3v) is 1.57. The zero-order valence-electron chi connectivity index (χ0n) is 7.83. The van der Waals surface area contributed by atoms with Gasteiger partial charge in [-0.25, -0.2) is 4.57 Å². The van der Waals surface area contributed by atoms with Crippen LogP contribution in [0.4, 0.5) is 0 Å². The van der Waals surface area contributed by atoms with E-state index in [0.717, 1.165) is 0 Å². The van der Waals surface area contributed by atoms with E-state index in [1.165, 1.54) is 26.7 Å². The molecule has 0 N–H and O–H groups in total. The lowest BCUT2D eigenvalue weighted by Crippen LogP contribution is -2.21. The zero-order valence-corrected chi connectivity index (χ0v) is 8.73. The zero-order chi connectivity index (χ0) is 9.11. The molecule has 0 spiro atoms. The van der Waals surface area contributed by atoms with Crippen molar-refractivity contribution in [2.24, 2.45) is 0 Å². The second-order valence-electron chi connectivity index (χ2n) is 1.88. The van der Waals surface area contributed by atoms with Crippen molar-refractivity contribution in [1.82, 2.24) is 4.90 Å². The second kappa shape index (κ2) is 12.7. The van der Waals surface area contributed by atoms with Crippen LogP contribution in [-0.4, -0.2) is 31.6 Å². The van der Waals surface area contributed by atoms with Crippen molar-refractivity contribution in [3.05, 3.63) is 0 Å². The molecule has 0 aromatic carbocycles. The molecular formula is C7H18NO2P. The van der Waals surface area contributed by atoms with Crippen molar-refractivity contribution in [2.45, 2.75) is 20.8 Å². The van der Waals surface area contributed by atoms with Crippen LogP contribution in [0.5, 0.6) is 0 Å². The van der Waals surface area contributed by atoms with Crippen molar-refractivity contribution in [2.75, 3.05) is 26.7 Å². The highest BCUT2D eigenvalue weighted by Crippen LogP contribution is 1.83. The largest absolute Gasteiger partial charge is 0.327 e. The third-order valence-electron chi connectivity index (χ3n) is 1.42. The molecule has 0 unspecified atom stereocenters. The molecule has 3 nitrogen and oxygen atoms in total. The third kappa shape index (κ3) is 13.1. The maximum Gasteiger partial charge on any atom is 0.327 e. The summed E-state index contributed by atoms with van der Waals surface area (Å²) < 4.78 is 13.0. The van der Waals surface area contributed by atoms with Crippen LogP contribution in [0.1, 0.15) is 20.8 Å². The van der Waals surface area contributed by atoms with Gasteiger partial charge in [-0.3, -0.25) is 4.52 Å². The van der Waals surface area contributed by atoms with Gasteiger partial charge >= 0.3 is 8.69 Å². The minimum atomic E-state index is -0.252. The van der Waals surface area contributed by atoms with E-state index in [1.807, 2.05) is 0 Å². The molecule has 0 aromatic heterocycles. The molecule has 68 valence electrons. The van der Waals surface area contributed by atoms with Crippen molar-refractivity contribution in [3.8, 4) is 0 Å². The molecule has 0 bridgehead atoms. The number of rotatable bonds is 4. The Morgan fingerprint density at radius 1 is 1.18 bits per heavy atom. The fraction of sp³-hybridized carbons (Fsp3) is 1.00. The van der Waals surface area contributed by atoms with Crippen LogP contribution >= 0.6 is 8.69 Å². The summed E-state index contributed by atoms with van der Waals surface area (Å²) in [6.07, 6.45) is 0. The molecule has 0 atom stereocenters. The lowest BCUT2D eigenvalue weighted by molar-refractivity contribution is 0.321. The predicted octanol–water partition coefficient (Wildman–Crippen LogP) is 2.19. The van der Waals surface area contributed by atoms with Gasteiger partial charge in [0.2, 0.25) is 0 Å². The van der Waals surface area contributed by atoms with Gasteiger partial charge in [-0.2, -0.15) is 0 Å². The Hall–Kier alpha value is 0.0200. The van der Waals surface area contributed by atoms with Gasteiger partial charge in [0.1, 0.15) is 0 Å². The van der Waals surface area contributed by atoms with Gasteiger partial charge in [0.05, 0.1) is 0 Å². The van der Waals surface area contributed by atoms with Crippen LogP contribution in [0.25, 0.3) is 0 Å². The Balaban J connectivity index is 0. The van der Waals surface area contributed by atoms with Gasteiger partial charge in [0.15, 0.2) is 0 Å². The summed E-state index contributed by atoms with van der Waals surface area (Å²) in [5, 5.41) is 0. The van der Waals surface area contributed by atoms with E-state index in [2.05, 4.69) is 30.2 Å². The normalized spacial score (nSPS) is 9.55. The van der Waals surface area contributed by atoms with Crippen molar-refractivity contribution in [3.63, 3.8) is 0 Å². The highest BCUT2D eigenvalue weighted by Gasteiger charge is 1.89. The van der Waals surface area contributed by atoms with E-state index in [0.29, 0.717) is 0 Å². The van der Waals surface area contributed by atoms with Crippen LogP contribution in [0.3, 0.4) is 0 Å². The Labute approximate surface area is 71.0 Å². The molecule has 4 heteroatoms. The monoisotopic (exact) mass is 179 g/mol. The summed E-state index contributed by atoms with van der Waals surface area (Å²) in [5.74, 6) is 0. The molecule has 0 saturated carbocycles. The summed E-state index contributed by atoms with van der Waals surface area (Å²) in [7, 11) is 1.10. The Kier molecular flexibility index (Phi) is 15.7. The lowest BCUT2D eigenvalue weighted by atomic mass is 10.5. The van der Waals surface area contributed by atoms with Gasteiger partial charge in [0, 0.05) is 7.11 Å². The highest BCUT2D eigenvalue weighted by molar-refractivity contribution is 7.17. The fourth-order valence-electron chi connectivity index (χ4n) is 0.671. The summed E-state index contributed by atoms with van der Waals surface area (Å²) in [5.41, 5.74) is 0. The molecule has 0 aromatic rings. The highest BCUT2D eigenvalue weighted by atomic mass is 31.1. The minimum absolute atomic E-state index is 0.252. The first-order valence-electron chi connectivity index (χ1n) is 3.84. The molecule has 11 heavy (non-hydrogen) atoms. The van der Waals surface area contributed by atoms with Crippen LogP contribution in [-0.2, 0) is 9.09 Å². The van der Waals surface area contributed by atoms with Crippen LogP contribution in [0.15, 0.2) is 0 Å². The van der Waals surface area contributed by atoms with Gasteiger partial charge in [0.25, 0.3) is 0 Å². The Bertz CT molecular complexity index is 71.3. The lowest BCUT2D eigenvalue weighted by Gasteiger charge is -2.13. The molecule has 0 aliphatic heterocycles. The Morgan fingerprint density at radius 3 is 1.45 bits per heavy atom. The molecule has 0 rings (SSSR count). The molecule has 0 heterocycles. The van der Waals surface area contributed by atoms with Crippen molar-refractivity contribution in [1.29, 1.82) is 0 Å². The van der Waals surface area contributed by atoms with Crippen molar-refractivity contribution < 1.29 is 9.09 Å². The standard InChI is InChI=1S/C6H15N.CH3O2P/c1-4-7(5-2)6-3;1-3-4-2/h4-6H2,1-3H3;1H3. The quantitative estimate of drug-likeness (QED) is 0.619. The summed E-state index contributed by atoms with van der Waals surface area (Å²) in [6.45, 7) is 10.1. The van der Waals surface area contributed by atoms with E-state index in [9.17, 15) is 0 Å². The van der Waals surface area contributed by atoms with Crippen LogP contribution in [0, 0.1) is 0 Å². The molecule has 0 fully saturated rings. The van der Waals surface area contributed by atoms with Gasteiger partial charge in [-0.1, -0.05) is 20.8 Å². The molecule has 0 saturated heterocycles. The second-order valence-corrected chi connectivity index (χ2v) is 2.39. The molecule has 0 aliphatic carbocycles. The Morgan fingerprint density at radius 2 is 1.45 bits per heavy atom. The minimum Gasteiger partial charge on any atom is -0.304 e. The van der Waals surface area contributed by atoms with E-state index in [-0.39, 0.29) is 8.69 Å². The fourth-order valence-corrected chi connectivity index (χ4v) is 0.671. The number of hydrogen-bond donors (Lipinski definition) is 0. The van der Waals surface area contributed by atoms with E-state index < -0.39 is 0 Å². The first-order valence-corrected chi connectivity index (χ1v) is 4.57. The average molecular weight is 179 g/mol.